The van der Waals surface area contributed by atoms with Crippen molar-refractivity contribution in [2.75, 3.05) is 25.5 Å². The van der Waals surface area contributed by atoms with Crippen LogP contribution in [0.3, 0.4) is 0 Å². The van der Waals surface area contributed by atoms with E-state index in [0.29, 0.717) is 29.6 Å². The minimum atomic E-state index is -3.87. The lowest BCUT2D eigenvalue weighted by Gasteiger charge is -2.25. The molecule has 1 aromatic heterocycles. The number of carbonyl (C=O) groups excluding carboxylic acids is 2. The number of fused-ring (bicyclic) bond motifs is 1. The molecule has 0 amide bonds. The van der Waals surface area contributed by atoms with Crippen LogP contribution in [0.15, 0.2) is 17.9 Å². The Labute approximate surface area is 168 Å². The molecule has 11 heteroatoms. The van der Waals surface area contributed by atoms with E-state index in [1.165, 1.54) is 17.9 Å². The summed E-state index contributed by atoms with van der Waals surface area (Å²) in [4.78, 5) is 34.1. The number of hydrogen-bond donors (Lipinski definition) is 2. The first kappa shape index (κ1) is 21.5. The molecule has 1 heterocycles. The van der Waals surface area contributed by atoms with Gasteiger partial charge in [0, 0.05) is 48.5 Å². The average molecular weight is 513 g/mol. The Morgan fingerprint density at radius 1 is 1.46 bits per heavy atom. The SMILES string of the molecule is COC1=CC(=O)c2c(cc(CC(Br)CN(CCBr)P(N)(=O)O)n2C)C1=O. The minimum Gasteiger partial charge on any atom is -0.492 e. The predicted octanol–water partition coefficient (Wildman–Crippen LogP) is 2.00. The number of allylic oxidation sites excluding steroid dienone is 2. The quantitative estimate of drug-likeness (QED) is 0.404. The van der Waals surface area contributed by atoms with E-state index in [0.717, 1.165) is 5.69 Å². The molecule has 2 rings (SSSR count). The molecule has 0 fully saturated rings. The fourth-order valence-corrected chi connectivity index (χ4v) is 5.25. The lowest BCUT2D eigenvalue weighted by atomic mass is 10.0. The first-order chi connectivity index (χ1) is 12.1. The molecule has 1 aliphatic rings. The fourth-order valence-electron chi connectivity index (χ4n) is 2.83. The van der Waals surface area contributed by atoms with E-state index in [-0.39, 0.29) is 28.7 Å². The minimum absolute atomic E-state index is 0.0166. The summed E-state index contributed by atoms with van der Waals surface area (Å²) in [5, 5.41) is 0.501. The summed E-state index contributed by atoms with van der Waals surface area (Å²) in [5.74, 6) is -0.611. The summed E-state index contributed by atoms with van der Waals surface area (Å²) in [7, 11) is -0.812. The van der Waals surface area contributed by atoms with Crippen LogP contribution in [0.4, 0.5) is 0 Å². The topological polar surface area (TPSA) is 115 Å². The lowest BCUT2D eigenvalue weighted by Crippen LogP contribution is -2.32. The van der Waals surface area contributed by atoms with Crippen LogP contribution in [-0.2, 0) is 22.8 Å². The number of Topliss-reactive ketones (excluding diaryl/α,β-unsaturated/α-hetero) is 1. The summed E-state index contributed by atoms with van der Waals surface area (Å²) >= 11 is 6.73. The monoisotopic (exact) mass is 511 g/mol. The zero-order chi connectivity index (χ0) is 19.6. The third-order valence-corrected chi connectivity index (χ3v) is 6.25. The van der Waals surface area contributed by atoms with Gasteiger partial charge in [-0.1, -0.05) is 31.9 Å². The van der Waals surface area contributed by atoms with Gasteiger partial charge in [-0.3, -0.25) is 14.2 Å². The Bertz CT molecular complexity index is 801. The van der Waals surface area contributed by atoms with Gasteiger partial charge in [0.25, 0.3) is 0 Å². The number of ether oxygens (including phenoxy) is 1. The van der Waals surface area contributed by atoms with Crippen molar-refractivity contribution in [2.45, 2.75) is 11.2 Å². The van der Waals surface area contributed by atoms with Gasteiger partial charge < -0.3 is 14.2 Å². The molecule has 0 radical (unpaired) electrons. The smallest absolute Gasteiger partial charge is 0.338 e. The number of aromatic nitrogens is 1. The molecule has 0 spiro atoms. The van der Waals surface area contributed by atoms with Crippen LogP contribution in [-0.4, -0.2) is 56.1 Å². The molecule has 0 aliphatic heterocycles. The number of hydrogen-bond acceptors (Lipinski definition) is 4. The van der Waals surface area contributed by atoms with Gasteiger partial charge in [0.1, 0.15) is 5.69 Å². The van der Waals surface area contributed by atoms with Gasteiger partial charge in [-0.15, -0.1) is 0 Å². The Kier molecular flexibility index (Phi) is 7.04. The molecule has 144 valence electrons. The number of carbonyl (C=O) groups is 2. The second-order valence-electron chi connectivity index (χ2n) is 5.86. The lowest BCUT2D eigenvalue weighted by molar-refractivity contribution is 0.0914. The summed E-state index contributed by atoms with van der Waals surface area (Å²) < 4.78 is 19.7. The van der Waals surface area contributed by atoms with Crippen molar-refractivity contribution < 1.29 is 23.8 Å². The van der Waals surface area contributed by atoms with Crippen LogP contribution >= 0.6 is 39.5 Å². The number of ketones is 2. The molecule has 3 N–H and O–H groups in total. The van der Waals surface area contributed by atoms with Gasteiger partial charge in [0.15, 0.2) is 5.76 Å². The number of alkyl halides is 2. The summed E-state index contributed by atoms with van der Waals surface area (Å²) in [6, 6.07) is 1.66. The molecular formula is C15H20Br2N3O5P. The average Bonchev–Trinajstić information content (AvgIpc) is 2.87. The molecule has 0 aromatic carbocycles. The largest absolute Gasteiger partial charge is 0.492 e. The first-order valence-corrected chi connectivity index (χ1v) is 11.4. The highest BCUT2D eigenvalue weighted by Gasteiger charge is 2.32. The molecule has 2 atom stereocenters. The van der Waals surface area contributed by atoms with Crippen molar-refractivity contribution in [3.05, 3.63) is 34.9 Å². The van der Waals surface area contributed by atoms with Gasteiger partial charge in [0.05, 0.1) is 12.7 Å². The van der Waals surface area contributed by atoms with Crippen LogP contribution in [0.1, 0.15) is 26.5 Å². The zero-order valence-electron chi connectivity index (χ0n) is 14.3. The number of nitrogens with zero attached hydrogens (tertiary/aromatic N) is 2. The normalized spacial score (nSPS) is 17.7. The second-order valence-corrected chi connectivity index (χ2v) is 9.69. The Hall–Kier alpha value is -0.770. The number of halogens is 2. The van der Waals surface area contributed by atoms with Gasteiger partial charge in [0.2, 0.25) is 11.6 Å². The third kappa shape index (κ3) is 4.55. The van der Waals surface area contributed by atoms with E-state index in [9.17, 15) is 19.0 Å². The van der Waals surface area contributed by atoms with Crippen molar-refractivity contribution >= 4 is 51.1 Å². The van der Waals surface area contributed by atoms with Crippen LogP contribution in [0, 0.1) is 0 Å². The van der Waals surface area contributed by atoms with Crippen LogP contribution in [0.2, 0.25) is 0 Å². The van der Waals surface area contributed by atoms with Crippen molar-refractivity contribution in [1.82, 2.24) is 9.24 Å². The van der Waals surface area contributed by atoms with Crippen molar-refractivity contribution in [1.29, 1.82) is 0 Å². The van der Waals surface area contributed by atoms with Crippen molar-refractivity contribution in [2.24, 2.45) is 12.6 Å². The molecule has 0 saturated heterocycles. The predicted molar refractivity (Wildman–Crippen MR) is 105 cm³/mol. The van der Waals surface area contributed by atoms with Crippen LogP contribution < -0.4 is 5.50 Å². The van der Waals surface area contributed by atoms with Crippen LogP contribution in [0.25, 0.3) is 0 Å². The summed E-state index contributed by atoms with van der Waals surface area (Å²) in [6.45, 7) is 0.545. The first-order valence-electron chi connectivity index (χ1n) is 7.70. The molecule has 0 bridgehead atoms. The van der Waals surface area contributed by atoms with Gasteiger partial charge in [-0.25, -0.2) is 10.2 Å². The molecule has 1 aromatic rings. The van der Waals surface area contributed by atoms with Crippen molar-refractivity contribution in [3.8, 4) is 0 Å². The summed E-state index contributed by atoms with van der Waals surface area (Å²) in [6.07, 6.45) is 1.62. The maximum absolute atomic E-state index is 12.4. The molecule has 26 heavy (non-hydrogen) atoms. The van der Waals surface area contributed by atoms with Crippen LogP contribution in [0.5, 0.6) is 0 Å². The number of nitrogens with two attached hydrogens (primary N) is 1. The highest BCUT2D eigenvalue weighted by Crippen LogP contribution is 2.36. The Balaban J connectivity index is 2.22. The van der Waals surface area contributed by atoms with E-state index < -0.39 is 7.67 Å². The molecular weight excluding hydrogens is 493 g/mol. The molecule has 8 nitrogen and oxygen atoms in total. The van der Waals surface area contributed by atoms with Gasteiger partial charge in [-0.05, 0) is 6.07 Å². The fraction of sp³-hybridized carbons (Fsp3) is 0.467. The molecule has 0 saturated carbocycles. The van der Waals surface area contributed by atoms with Crippen molar-refractivity contribution in [3.63, 3.8) is 0 Å². The van der Waals surface area contributed by atoms with E-state index in [4.69, 9.17) is 10.2 Å². The Morgan fingerprint density at radius 3 is 2.65 bits per heavy atom. The zero-order valence-corrected chi connectivity index (χ0v) is 18.4. The van der Waals surface area contributed by atoms with Gasteiger partial charge >= 0.3 is 7.67 Å². The van der Waals surface area contributed by atoms with E-state index >= 15 is 0 Å². The number of rotatable bonds is 8. The Morgan fingerprint density at radius 2 is 2.12 bits per heavy atom. The molecule has 1 aliphatic carbocycles. The van der Waals surface area contributed by atoms with Gasteiger partial charge in [-0.2, -0.15) is 0 Å². The van der Waals surface area contributed by atoms with E-state index in [1.807, 2.05) is 0 Å². The maximum Gasteiger partial charge on any atom is 0.338 e. The second kappa shape index (κ2) is 8.50. The third-order valence-electron chi connectivity index (χ3n) is 4.10. The summed E-state index contributed by atoms with van der Waals surface area (Å²) in [5.41, 5.74) is 6.72. The standard InChI is InChI=1S/C15H20Br2N3O5P/c1-19-10(5-9(17)8-20(4-3-16)26(18,23)24)6-11-14(19)12(21)7-13(25-2)15(11)22/h6-7,9H,3-5,8H2,1-2H3,(H3,18,23,24). The number of methoxy groups -OCH3 is 1. The molecule has 2 unspecified atom stereocenters. The highest BCUT2D eigenvalue weighted by atomic mass is 79.9. The maximum atomic E-state index is 12.4. The highest BCUT2D eigenvalue weighted by molar-refractivity contribution is 9.09. The van der Waals surface area contributed by atoms with E-state index in [2.05, 4.69) is 31.9 Å². The van der Waals surface area contributed by atoms with E-state index in [1.54, 1.807) is 17.7 Å².